The van der Waals surface area contributed by atoms with E-state index in [-0.39, 0.29) is 23.4 Å². The quantitative estimate of drug-likeness (QED) is 0.490. The summed E-state index contributed by atoms with van der Waals surface area (Å²) in [5, 5.41) is 1.91. The van der Waals surface area contributed by atoms with Gasteiger partial charge >= 0.3 is 0 Å². The third-order valence-corrected chi connectivity index (χ3v) is 8.45. The molecule has 2 aromatic heterocycles. The van der Waals surface area contributed by atoms with Gasteiger partial charge in [0.1, 0.15) is 11.5 Å². The molecular formula is C24H26N2O4S2. The van der Waals surface area contributed by atoms with E-state index in [4.69, 9.17) is 4.42 Å². The van der Waals surface area contributed by atoms with Crippen molar-refractivity contribution in [2.24, 2.45) is 5.92 Å². The van der Waals surface area contributed by atoms with Gasteiger partial charge in [0, 0.05) is 28.9 Å². The van der Waals surface area contributed by atoms with Crippen LogP contribution < -0.4 is 4.72 Å². The van der Waals surface area contributed by atoms with Gasteiger partial charge in [-0.1, -0.05) is 13.0 Å². The smallest absolute Gasteiger partial charge is 0.254 e. The molecule has 1 aromatic carbocycles. The van der Waals surface area contributed by atoms with E-state index in [0.717, 1.165) is 35.7 Å². The van der Waals surface area contributed by atoms with Crippen LogP contribution in [0.2, 0.25) is 0 Å². The summed E-state index contributed by atoms with van der Waals surface area (Å²) in [6.07, 6.45) is 3.13. The maximum Gasteiger partial charge on any atom is 0.254 e. The SMILES string of the molecule is CC1CC1c1ccc(CN(C(=O)c2ccc(S(=O)(=O)NCc3cccs3)cc2)C2CC2)o1. The summed E-state index contributed by atoms with van der Waals surface area (Å²) in [6.45, 7) is 2.91. The van der Waals surface area contributed by atoms with E-state index in [1.165, 1.54) is 23.5 Å². The number of hydrogen-bond donors (Lipinski definition) is 1. The molecule has 2 saturated carbocycles. The zero-order chi connectivity index (χ0) is 22.3. The fourth-order valence-corrected chi connectivity index (χ4v) is 5.67. The maximum atomic E-state index is 13.2. The lowest BCUT2D eigenvalue weighted by Crippen LogP contribution is -2.32. The topological polar surface area (TPSA) is 79.6 Å². The Kier molecular flexibility index (Phi) is 5.69. The highest BCUT2D eigenvalue weighted by Crippen LogP contribution is 2.47. The number of carbonyl (C=O) groups is 1. The van der Waals surface area contributed by atoms with Crippen molar-refractivity contribution in [3.63, 3.8) is 0 Å². The second-order valence-corrected chi connectivity index (χ2v) is 11.5. The van der Waals surface area contributed by atoms with E-state index in [9.17, 15) is 13.2 Å². The van der Waals surface area contributed by atoms with Gasteiger partial charge in [0.2, 0.25) is 10.0 Å². The third kappa shape index (κ3) is 4.67. The summed E-state index contributed by atoms with van der Waals surface area (Å²) >= 11 is 1.50. The molecule has 0 spiro atoms. The molecule has 5 rings (SSSR count). The highest BCUT2D eigenvalue weighted by Gasteiger charge is 2.37. The Morgan fingerprint density at radius 2 is 1.91 bits per heavy atom. The molecule has 168 valence electrons. The average Bonchev–Trinajstić information content (AvgIpc) is 3.64. The predicted octanol–water partition coefficient (Wildman–Crippen LogP) is 4.75. The minimum atomic E-state index is -3.64. The van der Waals surface area contributed by atoms with Crippen LogP contribution in [0.15, 0.2) is 63.2 Å². The van der Waals surface area contributed by atoms with Gasteiger partial charge in [0.15, 0.2) is 0 Å². The molecule has 0 saturated heterocycles. The van der Waals surface area contributed by atoms with Crippen molar-refractivity contribution in [3.8, 4) is 0 Å². The Bertz CT molecular complexity index is 1200. The molecule has 8 heteroatoms. The van der Waals surface area contributed by atoms with Gasteiger partial charge in [0.05, 0.1) is 11.4 Å². The number of nitrogens with zero attached hydrogens (tertiary/aromatic N) is 1. The number of rotatable bonds is 9. The van der Waals surface area contributed by atoms with Crippen LogP contribution in [0.4, 0.5) is 0 Å². The third-order valence-electron chi connectivity index (χ3n) is 6.16. The minimum absolute atomic E-state index is 0.0965. The predicted molar refractivity (Wildman–Crippen MR) is 123 cm³/mol. The van der Waals surface area contributed by atoms with Gasteiger partial charge in [-0.2, -0.15) is 0 Å². The molecule has 0 radical (unpaired) electrons. The Hall–Kier alpha value is -2.42. The van der Waals surface area contributed by atoms with E-state index < -0.39 is 10.0 Å². The average molecular weight is 471 g/mol. The molecule has 2 unspecified atom stereocenters. The van der Waals surface area contributed by atoms with Crippen molar-refractivity contribution in [2.75, 3.05) is 0 Å². The maximum absolute atomic E-state index is 13.2. The van der Waals surface area contributed by atoms with Crippen LogP contribution in [-0.2, 0) is 23.1 Å². The van der Waals surface area contributed by atoms with Crippen LogP contribution in [0.1, 0.15) is 58.9 Å². The standard InChI is InChI=1S/C24H26N2O4S2/c1-16-13-22(16)23-11-8-19(30-23)15-26(18-6-7-18)24(27)17-4-9-21(10-5-17)32(28,29)25-14-20-3-2-12-31-20/h2-5,8-12,16,18,22,25H,6-7,13-15H2,1H3. The second-order valence-electron chi connectivity index (χ2n) is 8.72. The number of thiophene rings is 1. The first-order valence-corrected chi connectivity index (χ1v) is 13.3. The highest BCUT2D eigenvalue weighted by atomic mass is 32.2. The van der Waals surface area contributed by atoms with Gasteiger partial charge in [-0.3, -0.25) is 4.79 Å². The van der Waals surface area contributed by atoms with E-state index in [2.05, 4.69) is 11.6 Å². The van der Waals surface area contributed by atoms with Crippen LogP contribution in [0, 0.1) is 5.92 Å². The summed E-state index contributed by atoms with van der Waals surface area (Å²) < 4.78 is 33.8. The zero-order valence-electron chi connectivity index (χ0n) is 17.9. The summed E-state index contributed by atoms with van der Waals surface area (Å²) in [4.78, 5) is 16.1. The lowest BCUT2D eigenvalue weighted by atomic mass is 10.2. The molecule has 3 aromatic rings. The second kappa shape index (κ2) is 8.50. The molecule has 0 aliphatic heterocycles. The minimum Gasteiger partial charge on any atom is -0.464 e. The first kappa shape index (κ1) is 21.4. The van der Waals surface area contributed by atoms with Crippen molar-refractivity contribution in [1.29, 1.82) is 0 Å². The number of nitrogens with one attached hydrogen (secondary N) is 1. The highest BCUT2D eigenvalue weighted by molar-refractivity contribution is 7.89. The van der Waals surface area contributed by atoms with Gasteiger partial charge in [-0.15, -0.1) is 11.3 Å². The summed E-state index contributed by atoms with van der Waals surface area (Å²) in [5.74, 6) is 2.90. The number of sulfonamides is 1. The Balaban J connectivity index is 1.26. The first-order valence-electron chi connectivity index (χ1n) is 10.9. The Morgan fingerprint density at radius 3 is 2.53 bits per heavy atom. The van der Waals surface area contributed by atoms with Crippen LogP contribution in [0.5, 0.6) is 0 Å². The van der Waals surface area contributed by atoms with Crippen LogP contribution >= 0.6 is 11.3 Å². The molecular weight excluding hydrogens is 444 g/mol. The van der Waals surface area contributed by atoms with Crippen LogP contribution in [-0.4, -0.2) is 25.3 Å². The number of benzene rings is 1. The van der Waals surface area contributed by atoms with Gasteiger partial charge in [-0.05, 0) is 73.0 Å². The van der Waals surface area contributed by atoms with Gasteiger partial charge < -0.3 is 9.32 Å². The van der Waals surface area contributed by atoms with E-state index >= 15 is 0 Å². The molecule has 1 N–H and O–H groups in total. The van der Waals surface area contributed by atoms with Gasteiger partial charge in [0.25, 0.3) is 5.91 Å². The lowest BCUT2D eigenvalue weighted by Gasteiger charge is -2.21. The summed E-state index contributed by atoms with van der Waals surface area (Å²) in [6, 6.07) is 14.2. The summed E-state index contributed by atoms with van der Waals surface area (Å²) in [7, 11) is -3.64. The van der Waals surface area contributed by atoms with Crippen molar-refractivity contribution in [1.82, 2.24) is 9.62 Å². The Labute approximate surface area is 192 Å². The number of hydrogen-bond acceptors (Lipinski definition) is 5. The van der Waals surface area contributed by atoms with Gasteiger partial charge in [-0.25, -0.2) is 13.1 Å². The fraction of sp³-hybridized carbons (Fsp3) is 0.375. The van der Waals surface area contributed by atoms with E-state index in [1.807, 2.05) is 34.5 Å². The first-order chi connectivity index (χ1) is 15.4. The molecule has 32 heavy (non-hydrogen) atoms. The molecule has 2 fully saturated rings. The molecule has 1 amide bonds. The number of furan rings is 1. The normalized spacial score (nSPS) is 20.3. The fourth-order valence-electron chi connectivity index (χ4n) is 3.92. The molecule has 2 heterocycles. The number of amides is 1. The summed E-state index contributed by atoms with van der Waals surface area (Å²) in [5.41, 5.74) is 0.483. The molecule has 2 aliphatic rings. The molecule has 6 nitrogen and oxygen atoms in total. The molecule has 0 bridgehead atoms. The monoisotopic (exact) mass is 470 g/mol. The van der Waals surface area contributed by atoms with Crippen molar-refractivity contribution >= 4 is 27.3 Å². The van der Waals surface area contributed by atoms with Crippen molar-refractivity contribution < 1.29 is 17.6 Å². The lowest BCUT2D eigenvalue weighted by molar-refractivity contribution is 0.0716. The Morgan fingerprint density at radius 1 is 1.16 bits per heavy atom. The zero-order valence-corrected chi connectivity index (χ0v) is 19.5. The largest absolute Gasteiger partial charge is 0.464 e. The van der Waals surface area contributed by atoms with E-state index in [0.29, 0.717) is 23.9 Å². The molecule has 2 aliphatic carbocycles. The van der Waals surface area contributed by atoms with Crippen LogP contribution in [0.3, 0.4) is 0 Å². The van der Waals surface area contributed by atoms with Crippen LogP contribution in [0.25, 0.3) is 0 Å². The van der Waals surface area contributed by atoms with E-state index in [1.54, 1.807) is 12.1 Å². The number of carbonyl (C=O) groups excluding carboxylic acids is 1. The molecule has 2 atom stereocenters. The van der Waals surface area contributed by atoms with Crippen molar-refractivity contribution in [2.45, 2.75) is 56.1 Å². The van der Waals surface area contributed by atoms with Crippen molar-refractivity contribution in [3.05, 3.63) is 75.9 Å².